The molecule has 2 unspecified atom stereocenters. The molecule has 118 heavy (non-hydrogen) atoms. The van der Waals surface area contributed by atoms with Crippen molar-refractivity contribution in [2.45, 2.75) is 84.8 Å². The standard InChI is InChI=1S/C50H46FN3O5.C49H42FN3O6/c1-4-43-46(59-50(38-21-13-7-14-22-38,39-23-15-8-16-24-39)40-27-31-42(57-3)32-28-40)45(51)47(58-43)54-34-33-44(52-48(54)55)53-49(35-17-9-5-10-18-35,36-19-11-6-12-20-36)37-25-29-41(56-2)30-26-37;1-56-40-27-23-36(24-28-40)48(34-15-7-3-8-16-34,35-17-9-4-10-18-35)52-43-31-32-53(47(55)51-43)46-44(50)45(42(33-54)58-46)59-49(37-19-11-5-12-20-37,38-21-13-6-14-22-38)39-25-29-41(57-2)30-26-39/h5-34,43,45-47H,4H2,1-3H3,(H,52,53,55);3-33,42,44-46H,1-2H3,(H,51,52,55)/t43-,45-,46-,47?;42-,44-,45-,46?/m11/s1. The minimum absolute atomic E-state index is 0.231. The average Bonchev–Trinajstić information content (AvgIpc) is 1.20. The number of rotatable bonds is 28. The maximum atomic E-state index is 17.4. The van der Waals surface area contributed by atoms with E-state index in [9.17, 15) is 14.4 Å². The number of nitrogens with zero attached hydrogens (tertiary/aromatic N) is 4. The van der Waals surface area contributed by atoms with E-state index in [4.69, 9.17) is 37.9 Å². The monoisotopic (exact) mass is 1570 g/mol. The van der Waals surface area contributed by atoms with Gasteiger partial charge in [-0.15, -0.1) is 0 Å². The number of alkyl halides is 2. The zero-order chi connectivity index (χ0) is 81.6. The van der Waals surface area contributed by atoms with Gasteiger partial charge in [0.15, 0.2) is 31.1 Å². The molecule has 2 aliphatic rings. The highest BCUT2D eigenvalue weighted by molar-refractivity contribution is 5.62. The maximum absolute atomic E-state index is 17.4. The molecule has 17 nitrogen and oxygen atoms in total. The summed E-state index contributed by atoms with van der Waals surface area (Å²) in [5, 5.41) is 7.22. The van der Waals surface area contributed by atoms with Crippen molar-refractivity contribution in [3.8, 4) is 23.0 Å². The third kappa shape index (κ3) is 15.6. The minimum atomic E-state index is -1.97. The smallest absolute Gasteiger partial charge is 0.351 e. The van der Waals surface area contributed by atoms with Gasteiger partial charge in [-0.05, 0) is 134 Å². The normalized spacial score (nSPS) is 17.9. The predicted molar refractivity (Wildman–Crippen MR) is 451 cm³/mol. The fraction of sp³-hybridized carbons (Fsp3) is 0.182. The van der Waals surface area contributed by atoms with Gasteiger partial charge in [0.2, 0.25) is 0 Å². The van der Waals surface area contributed by atoms with Gasteiger partial charge in [0.05, 0.1) is 34.5 Å². The highest BCUT2D eigenvalue weighted by atomic mass is 19.1. The van der Waals surface area contributed by atoms with Gasteiger partial charge in [-0.25, -0.2) is 18.4 Å². The van der Waals surface area contributed by atoms with Crippen LogP contribution in [0.25, 0.3) is 0 Å². The third-order valence-corrected chi connectivity index (χ3v) is 22.1. The maximum Gasteiger partial charge on any atom is 0.351 e. The summed E-state index contributed by atoms with van der Waals surface area (Å²) in [6, 6.07) is 112. The highest BCUT2D eigenvalue weighted by Gasteiger charge is 2.54. The number of hydrogen-bond acceptors (Lipinski definition) is 15. The van der Waals surface area contributed by atoms with Crippen molar-refractivity contribution in [3.63, 3.8) is 0 Å². The molecule has 0 amide bonds. The van der Waals surface area contributed by atoms with Gasteiger partial charge < -0.3 is 53.3 Å². The van der Waals surface area contributed by atoms with Crippen molar-refractivity contribution < 1.29 is 51.5 Å². The molecule has 0 spiro atoms. The molecule has 2 aromatic heterocycles. The number of benzene rings is 12. The van der Waals surface area contributed by atoms with Crippen molar-refractivity contribution >= 4 is 17.9 Å². The lowest BCUT2D eigenvalue weighted by atomic mass is 9.77. The van der Waals surface area contributed by atoms with Crippen LogP contribution in [0.5, 0.6) is 23.0 Å². The number of halogens is 2. The molecule has 2 saturated heterocycles. The molecule has 0 saturated carbocycles. The quantitative estimate of drug-likeness (QED) is 0.0348. The molecule has 4 heterocycles. The molecule has 2 fully saturated rings. The third-order valence-electron chi connectivity index (χ3n) is 22.1. The zero-order valence-electron chi connectivity index (χ0n) is 65.6. The number of hydrogen-bond donors (Lipinski definition) is 2. The van der Waals surface area contributed by atoms with Crippen molar-refractivity contribution in [1.29, 1.82) is 0 Å². The Hall–Kier alpha value is -13.4. The molecule has 2 N–H and O–H groups in total. The summed E-state index contributed by atoms with van der Waals surface area (Å²) >= 11 is 0. The molecule has 14 aromatic rings. The molecule has 0 bridgehead atoms. The van der Waals surface area contributed by atoms with E-state index in [1.807, 2.05) is 335 Å². The molecule has 0 aliphatic carbocycles. The van der Waals surface area contributed by atoms with E-state index < -0.39 is 82.9 Å². The second kappa shape index (κ2) is 35.8. The molecular formula is C99H88F2N6O11. The molecule has 2 aliphatic heterocycles. The topological polar surface area (TPSA) is 185 Å². The number of nitrogens with one attached hydrogen (secondary N) is 2. The van der Waals surface area contributed by atoms with E-state index in [-0.39, 0.29) is 5.82 Å². The Morgan fingerprint density at radius 3 is 0.864 bits per heavy atom. The van der Waals surface area contributed by atoms with E-state index in [1.165, 1.54) is 10.8 Å². The van der Waals surface area contributed by atoms with E-state index >= 15 is 8.78 Å². The molecular weight excluding hydrogens is 1490 g/mol. The van der Waals surface area contributed by atoms with Crippen LogP contribution in [0.3, 0.4) is 0 Å². The largest absolute Gasteiger partial charge is 0.497 e. The molecule has 19 heteroatoms. The summed E-state index contributed by atoms with van der Waals surface area (Å²) in [6.45, 7) is 1.93. The number of ether oxygens (including phenoxy) is 8. The summed E-state index contributed by atoms with van der Waals surface area (Å²) in [5.41, 5.74) is 3.75. The van der Waals surface area contributed by atoms with Crippen LogP contribution in [-0.4, -0.2) is 90.6 Å². The number of aromatic nitrogens is 4. The minimum Gasteiger partial charge on any atom is -0.497 e. The number of methoxy groups -OCH3 is 4. The second-order valence-corrected chi connectivity index (χ2v) is 28.6. The van der Waals surface area contributed by atoms with Crippen molar-refractivity contribution in [3.05, 3.63) is 452 Å². The first kappa shape index (κ1) is 79.8. The zero-order valence-corrected chi connectivity index (χ0v) is 65.6. The predicted octanol–water partition coefficient (Wildman–Crippen LogP) is 18.2. The van der Waals surface area contributed by atoms with E-state index in [0.29, 0.717) is 58.2 Å². The Morgan fingerprint density at radius 1 is 0.347 bits per heavy atom. The van der Waals surface area contributed by atoms with Gasteiger partial charge in [0, 0.05) is 12.4 Å². The Balaban J connectivity index is 0.000000185. The van der Waals surface area contributed by atoms with Crippen LogP contribution in [0.4, 0.5) is 20.4 Å². The van der Waals surface area contributed by atoms with Gasteiger partial charge >= 0.3 is 11.4 Å². The lowest BCUT2D eigenvalue weighted by molar-refractivity contribution is -0.131. The molecule has 594 valence electrons. The van der Waals surface area contributed by atoms with E-state index in [1.54, 1.807) is 58.9 Å². The van der Waals surface area contributed by atoms with E-state index in [0.717, 1.165) is 54.6 Å². The van der Waals surface area contributed by atoms with E-state index in [2.05, 4.69) is 20.6 Å². The Labute approximate surface area is 683 Å². The first-order valence-corrected chi connectivity index (χ1v) is 39.0. The van der Waals surface area contributed by atoms with Crippen LogP contribution in [0, 0.1) is 0 Å². The van der Waals surface area contributed by atoms with Gasteiger partial charge in [0.25, 0.3) is 0 Å². The first-order chi connectivity index (χ1) is 57.8. The van der Waals surface area contributed by atoms with Crippen LogP contribution < -0.4 is 41.0 Å². The van der Waals surface area contributed by atoms with Gasteiger partial charge in [-0.2, -0.15) is 9.97 Å². The van der Waals surface area contributed by atoms with Crippen LogP contribution in [0.1, 0.15) is 92.6 Å². The molecule has 16 rings (SSSR count). The molecule has 12 aromatic carbocycles. The first-order valence-electron chi connectivity index (χ1n) is 39.0. The molecule has 0 radical (unpaired) electrons. The van der Waals surface area contributed by atoms with Crippen LogP contribution in [-0.2, 0) is 46.0 Å². The Morgan fingerprint density at radius 2 is 0.593 bits per heavy atom. The highest BCUT2D eigenvalue weighted by Crippen LogP contribution is 2.50. The Bertz CT molecular complexity index is 5560. The number of carbonyl (C=O) groups is 1. The van der Waals surface area contributed by atoms with Gasteiger partial charge in [0.1, 0.15) is 75.2 Å². The molecule has 8 atom stereocenters. The van der Waals surface area contributed by atoms with Crippen molar-refractivity contribution in [1.82, 2.24) is 19.1 Å². The number of carbonyl (C=O) groups excluding carboxylic acids is 1. The van der Waals surface area contributed by atoms with Gasteiger partial charge in [-0.1, -0.05) is 298 Å². The summed E-state index contributed by atoms with van der Waals surface area (Å²) in [5.74, 6) is 3.24. The fourth-order valence-electron chi connectivity index (χ4n) is 16.3. The van der Waals surface area contributed by atoms with Crippen LogP contribution in [0.2, 0.25) is 0 Å². The van der Waals surface area contributed by atoms with Crippen molar-refractivity contribution in [2.75, 3.05) is 39.1 Å². The second-order valence-electron chi connectivity index (χ2n) is 28.6. The van der Waals surface area contributed by atoms with Gasteiger partial charge in [-0.3, -0.25) is 9.13 Å². The van der Waals surface area contributed by atoms with Crippen LogP contribution in [0.15, 0.2) is 374 Å². The fourth-order valence-corrected chi connectivity index (χ4v) is 16.3. The summed E-state index contributed by atoms with van der Waals surface area (Å²) in [4.78, 5) is 49.9. The lowest BCUT2D eigenvalue weighted by Gasteiger charge is -2.39. The SMILES string of the molecule is CC[C@H]1OC(n2ccc(NC(c3ccccc3)(c3ccccc3)c3ccc(OC)cc3)nc2=O)[C@H](F)[C@@H]1OC(c1ccccc1)(c1ccccc1)c1ccc(OC)cc1.COc1ccc(C(Nc2ccn(C3O[C@H](C=O)[C@@H](OC(c4ccccc4)(c4ccccc4)c4ccc(OC)cc4)[C@H]3F)c(=O)n2)(c2ccccc2)c2ccccc2)cc1. The summed E-state index contributed by atoms with van der Waals surface area (Å²) in [6.07, 6.45) is -7.19. The van der Waals surface area contributed by atoms with Crippen LogP contribution >= 0.6 is 0 Å². The summed E-state index contributed by atoms with van der Waals surface area (Å²) < 4.78 is 85.4. The Kier molecular flexibility index (Phi) is 24.2. The average molecular weight is 1580 g/mol. The number of anilines is 2. The lowest BCUT2D eigenvalue weighted by Crippen LogP contribution is -2.44. The van der Waals surface area contributed by atoms with Crippen molar-refractivity contribution in [2.24, 2.45) is 0 Å². The summed E-state index contributed by atoms with van der Waals surface area (Å²) in [7, 11) is 6.44. The number of aldehydes is 1.